The number of carboxylic acid groups (broad SMARTS) is 1. The highest BCUT2D eigenvalue weighted by Gasteiger charge is 2.17. The van der Waals surface area contributed by atoms with Crippen LogP contribution in [-0.4, -0.2) is 17.1 Å². The van der Waals surface area contributed by atoms with Gasteiger partial charge in [-0.15, -0.1) is 0 Å². The van der Waals surface area contributed by atoms with E-state index in [1.165, 1.54) is 6.42 Å². The van der Waals surface area contributed by atoms with Gasteiger partial charge in [-0.05, 0) is 37.5 Å². The van der Waals surface area contributed by atoms with E-state index in [2.05, 4.69) is 5.32 Å². The summed E-state index contributed by atoms with van der Waals surface area (Å²) < 4.78 is 0. The number of carbonyl (C=O) groups is 1. The summed E-state index contributed by atoms with van der Waals surface area (Å²) in [6.45, 7) is 0. The predicted molar refractivity (Wildman–Crippen MR) is 59.7 cm³/mol. The van der Waals surface area contributed by atoms with Crippen LogP contribution in [0.15, 0.2) is 18.2 Å². The average Bonchev–Trinajstić information content (AvgIpc) is 2.13. The van der Waals surface area contributed by atoms with Gasteiger partial charge >= 0.3 is 5.97 Å². The molecule has 4 heteroatoms. The number of benzene rings is 1. The fourth-order valence-electron chi connectivity index (χ4n) is 1.57. The van der Waals surface area contributed by atoms with Gasteiger partial charge in [-0.3, -0.25) is 0 Å². The third-order valence-corrected chi connectivity index (χ3v) is 3.00. The molecule has 1 saturated carbocycles. The lowest BCUT2D eigenvalue weighted by molar-refractivity contribution is 0.0697. The summed E-state index contributed by atoms with van der Waals surface area (Å²) in [5, 5.41) is 12.4. The van der Waals surface area contributed by atoms with E-state index in [-0.39, 0.29) is 10.6 Å². The summed E-state index contributed by atoms with van der Waals surface area (Å²) in [5.41, 5.74) is 0.988. The van der Waals surface area contributed by atoms with Gasteiger partial charge < -0.3 is 10.4 Å². The summed E-state index contributed by atoms with van der Waals surface area (Å²) in [5.74, 6) is -0.989. The van der Waals surface area contributed by atoms with Crippen LogP contribution in [0.3, 0.4) is 0 Å². The molecule has 0 spiro atoms. The highest BCUT2D eigenvalue weighted by Crippen LogP contribution is 2.26. The third kappa shape index (κ3) is 2.23. The topological polar surface area (TPSA) is 49.3 Å². The average molecular weight is 226 g/mol. The van der Waals surface area contributed by atoms with E-state index in [0.717, 1.165) is 18.5 Å². The Kier molecular flexibility index (Phi) is 2.82. The summed E-state index contributed by atoms with van der Waals surface area (Å²) in [6.07, 6.45) is 3.56. The molecule has 0 unspecified atom stereocenters. The second-order valence-electron chi connectivity index (χ2n) is 3.77. The van der Waals surface area contributed by atoms with Gasteiger partial charge in [0.1, 0.15) is 0 Å². The predicted octanol–water partition coefficient (Wildman–Crippen LogP) is 3.00. The third-order valence-electron chi connectivity index (χ3n) is 2.67. The molecule has 15 heavy (non-hydrogen) atoms. The molecule has 1 aliphatic carbocycles. The van der Waals surface area contributed by atoms with Crippen molar-refractivity contribution in [1.29, 1.82) is 0 Å². The zero-order chi connectivity index (χ0) is 10.8. The highest BCUT2D eigenvalue weighted by atomic mass is 35.5. The fourth-order valence-corrected chi connectivity index (χ4v) is 1.77. The Morgan fingerprint density at radius 3 is 2.73 bits per heavy atom. The number of rotatable bonds is 3. The molecule has 1 aromatic carbocycles. The van der Waals surface area contributed by atoms with E-state index in [4.69, 9.17) is 16.7 Å². The summed E-state index contributed by atoms with van der Waals surface area (Å²) in [4.78, 5) is 10.8. The molecule has 1 aromatic rings. The summed E-state index contributed by atoms with van der Waals surface area (Å²) in [7, 11) is 0. The quantitative estimate of drug-likeness (QED) is 0.832. The van der Waals surface area contributed by atoms with Gasteiger partial charge in [0, 0.05) is 11.7 Å². The Hall–Kier alpha value is -1.22. The molecule has 0 aromatic heterocycles. The number of carboxylic acids is 1. The lowest BCUT2D eigenvalue weighted by Gasteiger charge is -2.27. The zero-order valence-electron chi connectivity index (χ0n) is 8.16. The molecule has 2 rings (SSSR count). The SMILES string of the molecule is O=C(O)c1cc(NC2CCC2)ccc1Cl. The van der Waals surface area contributed by atoms with Crippen molar-refractivity contribution in [3.8, 4) is 0 Å². The Morgan fingerprint density at radius 1 is 1.47 bits per heavy atom. The number of nitrogens with one attached hydrogen (secondary N) is 1. The molecule has 2 N–H and O–H groups in total. The maximum Gasteiger partial charge on any atom is 0.337 e. The molecule has 0 amide bonds. The molecule has 0 aliphatic heterocycles. The van der Waals surface area contributed by atoms with Crippen molar-refractivity contribution in [3.05, 3.63) is 28.8 Å². The lowest BCUT2D eigenvalue weighted by atomic mass is 9.93. The molecular weight excluding hydrogens is 214 g/mol. The fraction of sp³-hybridized carbons (Fsp3) is 0.364. The van der Waals surface area contributed by atoms with Crippen LogP contribution in [0.25, 0.3) is 0 Å². The van der Waals surface area contributed by atoms with Crippen LogP contribution in [0.5, 0.6) is 0 Å². The molecule has 3 nitrogen and oxygen atoms in total. The van der Waals surface area contributed by atoms with E-state index in [9.17, 15) is 4.79 Å². The van der Waals surface area contributed by atoms with E-state index < -0.39 is 5.97 Å². The number of anilines is 1. The van der Waals surface area contributed by atoms with Gasteiger partial charge in [-0.25, -0.2) is 4.79 Å². The molecule has 0 atom stereocenters. The maximum absolute atomic E-state index is 10.8. The van der Waals surface area contributed by atoms with E-state index in [1.54, 1.807) is 12.1 Å². The maximum atomic E-state index is 10.8. The first-order valence-electron chi connectivity index (χ1n) is 4.96. The standard InChI is InChI=1S/C11H12ClNO2/c12-10-5-4-8(6-9(10)11(14)15)13-7-2-1-3-7/h4-7,13H,1-3H2,(H,14,15). The Balaban J connectivity index is 2.17. The van der Waals surface area contributed by atoms with Crippen LogP contribution in [-0.2, 0) is 0 Å². The smallest absolute Gasteiger partial charge is 0.337 e. The van der Waals surface area contributed by atoms with Crippen LogP contribution < -0.4 is 5.32 Å². The number of hydrogen-bond donors (Lipinski definition) is 2. The molecule has 0 saturated heterocycles. The van der Waals surface area contributed by atoms with Crippen LogP contribution in [0, 0.1) is 0 Å². The minimum Gasteiger partial charge on any atom is -0.478 e. The van der Waals surface area contributed by atoms with Gasteiger partial charge in [0.25, 0.3) is 0 Å². The lowest BCUT2D eigenvalue weighted by Crippen LogP contribution is -2.27. The van der Waals surface area contributed by atoms with Crippen LogP contribution in [0.4, 0.5) is 5.69 Å². The summed E-state index contributed by atoms with van der Waals surface area (Å²) in [6, 6.07) is 5.51. The molecular formula is C11H12ClNO2. The van der Waals surface area contributed by atoms with Gasteiger partial charge in [0.2, 0.25) is 0 Å². The molecule has 0 heterocycles. The largest absolute Gasteiger partial charge is 0.478 e. The highest BCUT2D eigenvalue weighted by molar-refractivity contribution is 6.33. The van der Waals surface area contributed by atoms with Crippen molar-refractivity contribution in [2.75, 3.05) is 5.32 Å². The first kappa shape index (κ1) is 10.3. The van der Waals surface area contributed by atoms with Gasteiger partial charge in [-0.1, -0.05) is 11.6 Å². The molecule has 80 valence electrons. The normalized spacial score (nSPS) is 15.8. The number of hydrogen-bond acceptors (Lipinski definition) is 2. The van der Waals surface area contributed by atoms with Crippen molar-refractivity contribution in [1.82, 2.24) is 0 Å². The zero-order valence-corrected chi connectivity index (χ0v) is 8.92. The molecule has 1 aliphatic rings. The molecule has 1 fully saturated rings. The monoisotopic (exact) mass is 225 g/mol. The van der Waals surface area contributed by atoms with Crippen molar-refractivity contribution < 1.29 is 9.90 Å². The first-order valence-corrected chi connectivity index (χ1v) is 5.34. The van der Waals surface area contributed by atoms with Crippen molar-refractivity contribution >= 4 is 23.3 Å². The second kappa shape index (κ2) is 4.11. The van der Waals surface area contributed by atoms with Crippen molar-refractivity contribution in [3.63, 3.8) is 0 Å². The van der Waals surface area contributed by atoms with Crippen LogP contribution in [0.1, 0.15) is 29.6 Å². The second-order valence-corrected chi connectivity index (χ2v) is 4.18. The van der Waals surface area contributed by atoms with E-state index in [1.807, 2.05) is 6.07 Å². The minimum absolute atomic E-state index is 0.154. The van der Waals surface area contributed by atoms with Gasteiger partial charge in [0.05, 0.1) is 10.6 Å². The minimum atomic E-state index is -0.989. The van der Waals surface area contributed by atoms with Crippen molar-refractivity contribution in [2.24, 2.45) is 0 Å². The van der Waals surface area contributed by atoms with Gasteiger partial charge in [0.15, 0.2) is 0 Å². The van der Waals surface area contributed by atoms with E-state index >= 15 is 0 Å². The Bertz CT molecular complexity index is 388. The van der Waals surface area contributed by atoms with Crippen molar-refractivity contribution in [2.45, 2.75) is 25.3 Å². The number of halogens is 1. The van der Waals surface area contributed by atoms with Gasteiger partial charge in [-0.2, -0.15) is 0 Å². The van der Waals surface area contributed by atoms with Crippen LogP contribution in [0.2, 0.25) is 5.02 Å². The van der Waals surface area contributed by atoms with E-state index in [0.29, 0.717) is 6.04 Å². The Morgan fingerprint density at radius 2 is 2.20 bits per heavy atom. The first-order chi connectivity index (χ1) is 7.16. The summed E-state index contributed by atoms with van der Waals surface area (Å²) >= 11 is 5.77. The molecule has 0 bridgehead atoms. The van der Waals surface area contributed by atoms with Crippen LogP contribution >= 0.6 is 11.6 Å². The molecule has 0 radical (unpaired) electrons. The Labute approximate surface area is 93.1 Å². The number of aromatic carboxylic acids is 1.